The average molecular weight is 200 g/mol. The summed E-state index contributed by atoms with van der Waals surface area (Å²) in [5.74, 6) is 0.552. The predicted molar refractivity (Wildman–Crippen MR) is 54.4 cm³/mol. The van der Waals surface area contributed by atoms with E-state index in [2.05, 4.69) is 28.8 Å². The summed E-state index contributed by atoms with van der Waals surface area (Å²) in [5, 5.41) is 9.24. The molecule has 4 nitrogen and oxygen atoms in total. The molecule has 1 atom stereocenters. The van der Waals surface area contributed by atoms with Crippen molar-refractivity contribution >= 4 is 11.5 Å². The summed E-state index contributed by atoms with van der Waals surface area (Å²) in [5.41, 5.74) is 6.61. The highest BCUT2D eigenvalue weighted by molar-refractivity contribution is 7.03. The van der Waals surface area contributed by atoms with Crippen molar-refractivity contribution in [2.24, 2.45) is 11.7 Å². The zero-order valence-corrected chi connectivity index (χ0v) is 8.84. The van der Waals surface area contributed by atoms with Crippen LogP contribution in [0.1, 0.15) is 19.5 Å². The minimum Gasteiger partial charge on any atom is -0.329 e. The Morgan fingerprint density at radius 2 is 2.38 bits per heavy atom. The van der Waals surface area contributed by atoms with Crippen LogP contribution in [-0.2, 0) is 6.54 Å². The maximum absolute atomic E-state index is 5.62. The van der Waals surface area contributed by atoms with Crippen molar-refractivity contribution in [2.75, 3.05) is 6.54 Å². The first-order chi connectivity index (χ1) is 6.24. The molecule has 3 N–H and O–H groups in total. The largest absolute Gasteiger partial charge is 0.329 e. The van der Waals surface area contributed by atoms with E-state index in [1.807, 2.05) is 5.38 Å². The fourth-order valence-corrected chi connectivity index (χ4v) is 1.54. The third-order valence-corrected chi connectivity index (χ3v) is 2.56. The molecular formula is C8H16N4S. The second kappa shape index (κ2) is 5.26. The quantitative estimate of drug-likeness (QED) is 0.731. The molecule has 0 radical (unpaired) electrons. The number of nitrogens with zero attached hydrogens (tertiary/aromatic N) is 2. The maximum Gasteiger partial charge on any atom is 0.0893 e. The summed E-state index contributed by atoms with van der Waals surface area (Å²) in [6, 6.07) is 0.363. The van der Waals surface area contributed by atoms with Gasteiger partial charge in [-0.05, 0) is 17.5 Å². The molecule has 1 aromatic rings. The molecular weight excluding hydrogens is 184 g/mol. The Balaban J connectivity index is 2.32. The summed E-state index contributed by atoms with van der Waals surface area (Å²) in [6.45, 7) is 5.74. The first-order valence-electron chi connectivity index (χ1n) is 4.43. The van der Waals surface area contributed by atoms with Crippen LogP contribution in [0.3, 0.4) is 0 Å². The minimum atomic E-state index is 0.363. The van der Waals surface area contributed by atoms with E-state index in [0.717, 1.165) is 12.2 Å². The van der Waals surface area contributed by atoms with Crippen molar-refractivity contribution in [3.05, 3.63) is 11.1 Å². The van der Waals surface area contributed by atoms with Gasteiger partial charge in [-0.25, -0.2) is 0 Å². The van der Waals surface area contributed by atoms with Crippen LogP contribution < -0.4 is 11.1 Å². The molecule has 1 heterocycles. The molecule has 0 saturated carbocycles. The lowest BCUT2D eigenvalue weighted by molar-refractivity contribution is 0.403. The van der Waals surface area contributed by atoms with Gasteiger partial charge in [0.2, 0.25) is 0 Å². The molecule has 74 valence electrons. The maximum atomic E-state index is 5.62. The molecule has 1 aromatic heterocycles. The van der Waals surface area contributed by atoms with Gasteiger partial charge in [0, 0.05) is 24.5 Å². The number of hydrogen-bond donors (Lipinski definition) is 2. The summed E-state index contributed by atoms with van der Waals surface area (Å²) in [6.07, 6.45) is 0. The van der Waals surface area contributed by atoms with Crippen LogP contribution >= 0.6 is 11.5 Å². The van der Waals surface area contributed by atoms with Crippen molar-refractivity contribution in [3.8, 4) is 0 Å². The van der Waals surface area contributed by atoms with Crippen LogP contribution in [0, 0.1) is 5.92 Å². The van der Waals surface area contributed by atoms with Gasteiger partial charge in [-0.15, -0.1) is 5.10 Å². The number of nitrogens with two attached hydrogens (primary N) is 1. The van der Waals surface area contributed by atoms with E-state index in [9.17, 15) is 0 Å². The van der Waals surface area contributed by atoms with E-state index in [4.69, 9.17) is 5.73 Å². The minimum absolute atomic E-state index is 0.363. The van der Waals surface area contributed by atoms with Crippen molar-refractivity contribution in [1.29, 1.82) is 0 Å². The van der Waals surface area contributed by atoms with Crippen molar-refractivity contribution < 1.29 is 0 Å². The van der Waals surface area contributed by atoms with Gasteiger partial charge in [0.05, 0.1) is 5.69 Å². The lowest BCUT2D eigenvalue weighted by Crippen LogP contribution is -2.39. The van der Waals surface area contributed by atoms with Crippen molar-refractivity contribution in [1.82, 2.24) is 14.9 Å². The summed E-state index contributed by atoms with van der Waals surface area (Å²) < 4.78 is 3.79. The second-order valence-electron chi connectivity index (χ2n) is 3.36. The highest BCUT2D eigenvalue weighted by atomic mass is 32.1. The van der Waals surface area contributed by atoms with Crippen LogP contribution in [0.2, 0.25) is 0 Å². The summed E-state index contributed by atoms with van der Waals surface area (Å²) >= 11 is 1.37. The average Bonchev–Trinajstić information content (AvgIpc) is 2.57. The van der Waals surface area contributed by atoms with E-state index in [0.29, 0.717) is 18.5 Å². The highest BCUT2D eigenvalue weighted by Gasteiger charge is 2.10. The van der Waals surface area contributed by atoms with Gasteiger partial charge in [-0.1, -0.05) is 18.3 Å². The van der Waals surface area contributed by atoms with Crippen molar-refractivity contribution in [3.63, 3.8) is 0 Å². The molecule has 13 heavy (non-hydrogen) atoms. The van der Waals surface area contributed by atoms with Gasteiger partial charge in [0.1, 0.15) is 0 Å². The Bertz CT molecular complexity index is 222. The van der Waals surface area contributed by atoms with E-state index in [1.54, 1.807) is 0 Å². The van der Waals surface area contributed by atoms with E-state index in [1.165, 1.54) is 11.5 Å². The Labute approximate surface area is 82.7 Å². The van der Waals surface area contributed by atoms with E-state index in [-0.39, 0.29) is 0 Å². The van der Waals surface area contributed by atoms with Crippen LogP contribution in [0.5, 0.6) is 0 Å². The molecule has 0 bridgehead atoms. The zero-order chi connectivity index (χ0) is 9.68. The van der Waals surface area contributed by atoms with Gasteiger partial charge < -0.3 is 11.1 Å². The molecule has 0 saturated heterocycles. The summed E-state index contributed by atoms with van der Waals surface area (Å²) in [4.78, 5) is 0. The number of rotatable bonds is 5. The van der Waals surface area contributed by atoms with Crippen LogP contribution in [0.25, 0.3) is 0 Å². The van der Waals surface area contributed by atoms with Gasteiger partial charge >= 0.3 is 0 Å². The van der Waals surface area contributed by atoms with Crippen LogP contribution in [-0.4, -0.2) is 22.2 Å². The molecule has 0 amide bonds. The summed E-state index contributed by atoms with van der Waals surface area (Å²) in [7, 11) is 0. The fourth-order valence-electron chi connectivity index (χ4n) is 1.09. The predicted octanol–water partition coefficient (Wildman–Crippen LogP) is 0.611. The topological polar surface area (TPSA) is 63.8 Å². The van der Waals surface area contributed by atoms with E-state index >= 15 is 0 Å². The molecule has 0 aliphatic carbocycles. The first-order valence-corrected chi connectivity index (χ1v) is 5.27. The molecule has 0 aliphatic rings. The molecule has 0 spiro atoms. The SMILES string of the molecule is CC(C)C(CN)NCc1csnn1. The molecule has 1 rings (SSSR count). The number of hydrogen-bond acceptors (Lipinski definition) is 5. The lowest BCUT2D eigenvalue weighted by atomic mass is 10.1. The third kappa shape index (κ3) is 3.38. The molecule has 0 fully saturated rings. The standard InChI is InChI=1S/C8H16N4S/c1-6(2)8(3-9)10-4-7-5-13-12-11-7/h5-6,8,10H,3-4,9H2,1-2H3. The van der Waals surface area contributed by atoms with Gasteiger partial charge in [-0.3, -0.25) is 0 Å². The monoisotopic (exact) mass is 200 g/mol. The Morgan fingerprint density at radius 1 is 1.62 bits per heavy atom. The van der Waals surface area contributed by atoms with Gasteiger partial charge in [-0.2, -0.15) is 0 Å². The zero-order valence-electron chi connectivity index (χ0n) is 8.03. The van der Waals surface area contributed by atoms with E-state index < -0.39 is 0 Å². The number of nitrogens with one attached hydrogen (secondary N) is 1. The Kier molecular flexibility index (Phi) is 4.27. The molecule has 5 heteroatoms. The molecule has 1 unspecified atom stereocenters. The first kappa shape index (κ1) is 10.6. The normalized spacial score (nSPS) is 13.5. The van der Waals surface area contributed by atoms with Gasteiger partial charge in [0.15, 0.2) is 0 Å². The lowest BCUT2D eigenvalue weighted by Gasteiger charge is -2.19. The third-order valence-electron chi connectivity index (χ3n) is 2.01. The Morgan fingerprint density at radius 3 is 2.85 bits per heavy atom. The molecule has 0 aromatic carbocycles. The Hall–Kier alpha value is -0.520. The fraction of sp³-hybridized carbons (Fsp3) is 0.750. The van der Waals surface area contributed by atoms with Crippen LogP contribution in [0.4, 0.5) is 0 Å². The highest BCUT2D eigenvalue weighted by Crippen LogP contribution is 2.02. The number of aromatic nitrogens is 2. The van der Waals surface area contributed by atoms with Crippen molar-refractivity contribution in [2.45, 2.75) is 26.4 Å². The van der Waals surface area contributed by atoms with Crippen LogP contribution in [0.15, 0.2) is 5.38 Å². The smallest absolute Gasteiger partial charge is 0.0893 e. The second-order valence-corrected chi connectivity index (χ2v) is 3.97. The van der Waals surface area contributed by atoms with Gasteiger partial charge in [0.25, 0.3) is 0 Å². The molecule has 0 aliphatic heterocycles.